The maximum Gasteiger partial charge on any atom is 0.267 e. The number of amides is 2. The molecule has 0 radical (unpaired) electrons. The van der Waals surface area contributed by atoms with Crippen LogP contribution in [0.2, 0.25) is 0 Å². The summed E-state index contributed by atoms with van der Waals surface area (Å²) in [5.74, 6) is -0.0525. The van der Waals surface area contributed by atoms with Crippen molar-refractivity contribution in [3.8, 4) is 17.0 Å². The van der Waals surface area contributed by atoms with Crippen molar-refractivity contribution in [1.82, 2.24) is 19.7 Å². The van der Waals surface area contributed by atoms with Crippen molar-refractivity contribution in [3.63, 3.8) is 0 Å². The average molecular weight is 427 g/mol. The maximum atomic E-state index is 12.5. The van der Waals surface area contributed by atoms with E-state index in [0.717, 1.165) is 16.0 Å². The molecule has 2 aromatic heterocycles. The highest BCUT2D eigenvalue weighted by Gasteiger charge is 2.18. The fraction of sp³-hybridized carbons (Fsp3) is 0.250. The molecule has 1 N–H and O–H groups in total. The number of thiazole rings is 1. The summed E-state index contributed by atoms with van der Waals surface area (Å²) in [7, 11) is 4.84. The van der Waals surface area contributed by atoms with Gasteiger partial charge in [0.15, 0.2) is 5.13 Å². The summed E-state index contributed by atoms with van der Waals surface area (Å²) in [4.78, 5) is 42.9. The second-order valence-corrected chi connectivity index (χ2v) is 7.60. The van der Waals surface area contributed by atoms with Gasteiger partial charge in [-0.2, -0.15) is 5.10 Å². The number of aryl methyl sites for hydroxylation is 1. The molecule has 0 aliphatic rings. The Morgan fingerprint density at radius 2 is 1.93 bits per heavy atom. The first-order valence-corrected chi connectivity index (χ1v) is 9.82. The number of methoxy groups -OCH3 is 1. The Bertz CT molecular complexity index is 1150. The van der Waals surface area contributed by atoms with Crippen LogP contribution in [0.15, 0.2) is 41.2 Å². The minimum atomic E-state index is -0.473. The summed E-state index contributed by atoms with van der Waals surface area (Å²) in [5.41, 5.74) is 1.32. The van der Waals surface area contributed by atoms with Gasteiger partial charge >= 0.3 is 0 Å². The van der Waals surface area contributed by atoms with Crippen molar-refractivity contribution in [1.29, 1.82) is 0 Å². The van der Waals surface area contributed by atoms with E-state index < -0.39 is 11.5 Å². The van der Waals surface area contributed by atoms with E-state index >= 15 is 0 Å². The molecule has 9 nitrogen and oxygen atoms in total. The number of carbonyl (C=O) groups is 2. The first-order chi connectivity index (χ1) is 14.3. The molecule has 156 valence electrons. The van der Waals surface area contributed by atoms with Gasteiger partial charge in [0.1, 0.15) is 17.2 Å². The van der Waals surface area contributed by atoms with E-state index in [1.54, 1.807) is 40.3 Å². The molecule has 0 atom stereocenters. The standard InChI is InChI=1S/C20H21N5O4S/c1-12-18(19(28)24(2)3)30-20(21-12)22-16(26)11-25-17(27)10-9-14(23-25)13-7-5-6-8-15(13)29-4/h5-10H,11H2,1-4H3,(H,21,22,26). The van der Waals surface area contributed by atoms with Crippen molar-refractivity contribution in [2.75, 3.05) is 26.5 Å². The maximum absolute atomic E-state index is 12.5. The molecule has 3 rings (SSSR count). The van der Waals surface area contributed by atoms with E-state index in [4.69, 9.17) is 4.74 Å². The molecular formula is C20H21N5O4S. The number of hydrogen-bond donors (Lipinski definition) is 1. The topological polar surface area (TPSA) is 106 Å². The third-order valence-electron chi connectivity index (χ3n) is 4.19. The number of aromatic nitrogens is 3. The predicted molar refractivity (Wildman–Crippen MR) is 114 cm³/mol. The lowest BCUT2D eigenvalue weighted by molar-refractivity contribution is -0.117. The zero-order valence-electron chi connectivity index (χ0n) is 17.0. The Labute approximate surface area is 176 Å². The lowest BCUT2D eigenvalue weighted by Gasteiger charge is -2.10. The average Bonchev–Trinajstić information content (AvgIpc) is 3.08. The van der Waals surface area contributed by atoms with Gasteiger partial charge in [-0.15, -0.1) is 0 Å². The number of rotatable bonds is 6. The Balaban J connectivity index is 1.80. The molecular weight excluding hydrogens is 406 g/mol. The Morgan fingerprint density at radius 1 is 1.20 bits per heavy atom. The highest BCUT2D eigenvalue weighted by atomic mass is 32.1. The number of carbonyl (C=O) groups excluding carboxylic acids is 2. The molecule has 2 amide bonds. The van der Waals surface area contributed by atoms with Gasteiger partial charge in [0.2, 0.25) is 5.91 Å². The van der Waals surface area contributed by atoms with Crippen LogP contribution in [0.3, 0.4) is 0 Å². The second-order valence-electron chi connectivity index (χ2n) is 6.60. The second kappa shape index (κ2) is 8.87. The van der Waals surface area contributed by atoms with E-state index in [1.165, 1.54) is 11.0 Å². The summed E-state index contributed by atoms with van der Waals surface area (Å²) in [6, 6.07) is 10.2. The highest BCUT2D eigenvalue weighted by Crippen LogP contribution is 2.27. The molecule has 0 fully saturated rings. The van der Waals surface area contributed by atoms with Crippen LogP contribution in [0.1, 0.15) is 15.4 Å². The van der Waals surface area contributed by atoms with Crippen molar-refractivity contribution >= 4 is 28.3 Å². The van der Waals surface area contributed by atoms with Crippen LogP contribution >= 0.6 is 11.3 Å². The molecule has 1 aromatic carbocycles. The number of nitrogens with zero attached hydrogens (tertiary/aromatic N) is 4. The third kappa shape index (κ3) is 4.54. The van der Waals surface area contributed by atoms with Crippen LogP contribution in [0.4, 0.5) is 5.13 Å². The monoisotopic (exact) mass is 427 g/mol. The summed E-state index contributed by atoms with van der Waals surface area (Å²) in [6.45, 7) is 1.41. The van der Waals surface area contributed by atoms with Crippen LogP contribution in [-0.2, 0) is 11.3 Å². The molecule has 0 spiro atoms. The SMILES string of the molecule is COc1ccccc1-c1ccc(=O)n(CC(=O)Nc2nc(C)c(C(=O)N(C)C)s2)n1. The normalized spacial score (nSPS) is 10.5. The number of hydrogen-bond acceptors (Lipinski definition) is 7. The number of nitrogens with one attached hydrogen (secondary N) is 1. The van der Waals surface area contributed by atoms with Crippen LogP contribution in [0.5, 0.6) is 5.75 Å². The molecule has 10 heteroatoms. The number of benzene rings is 1. The van der Waals surface area contributed by atoms with Gasteiger partial charge in [0, 0.05) is 25.7 Å². The van der Waals surface area contributed by atoms with E-state index in [2.05, 4.69) is 15.4 Å². The molecule has 3 aromatic rings. The molecule has 0 saturated carbocycles. The first-order valence-electron chi connectivity index (χ1n) is 9.00. The predicted octanol–water partition coefficient (Wildman–Crippen LogP) is 2.02. The van der Waals surface area contributed by atoms with Gasteiger partial charge in [0.05, 0.1) is 18.5 Å². The van der Waals surface area contributed by atoms with Crippen LogP contribution in [-0.4, -0.2) is 52.7 Å². The molecule has 0 bridgehead atoms. The van der Waals surface area contributed by atoms with Gasteiger partial charge in [-0.25, -0.2) is 9.67 Å². The van der Waals surface area contributed by atoms with Crippen LogP contribution in [0.25, 0.3) is 11.3 Å². The summed E-state index contributed by atoms with van der Waals surface area (Å²) in [6.07, 6.45) is 0. The van der Waals surface area contributed by atoms with Crippen molar-refractivity contribution < 1.29 is 14.3 Å². The molecule has 0 saturated heterocycles. The number of anilines is 1. The summed E-state index contributed by atoms with van der Waals surface area (Å²) in [5, 5.41) is 7.21. The van der Waals surface area contributed by atoms with E-state index in [-0.39, 0.29) is 17.6 Å². The van der Waals surface area contributed by atoms with Gasteiger partial charge < -0.3 is 15.0 Å². The number of ether oxygens (including phenoxy) is 1. The largest absolute Gasteiger partial charge is 0.496 e. The quantitative estimate of drug-likeness (QED) is 0.645. The van der Waals surface area contributed by atoms with Gasteiger partial charge in [-0.3, -0.25) is 14.4 Å². The van der Waals surface area contributed by atoms with Gasteiger partial charge in [0.25, 0.3) is 11.5 Å². The van der Waals surface area contributed by atoms with Crippen molar-refractivity contribution in [3.05, 3.63) is 57.3 Å². The molecule has 30 heavy (non-hydrogen) atoms. The highest BCUT2D eigenvalue weighted by molar-refractivity contribution is 7.17. The van der Waals surface area contributed by atoms with Crippen LogP contribution < -0.4 is 15.6 Å². The van der Waals surface area contributed by atoms with Crippen molar-refractivity contribution in [2.24, 2.45) is 0 Å². The lowest BCUT2D eigenvalue weighted by atomic mass is 10.1. The van der Waals surface area contributed by atoms with Gasteiger partial charge in [-0.1, -0.05) is 23.5 Å². The zero-order valence-corrected chi connectivity index (χ0v) is 17.8. The van der Waals surface area contributed by atoms with E-state index in [1.807, 2.05) is 18.2 Å². The first kappa shape index (κ1) is 21.2. The fourth-order valence-corrected chi connectivity index (χ4v) is 3.71. The van der Waals surface area contributed by atoms with Crippen LogP contribution in [0, 0.1) is 6.92 Å². The fourth-order valence-electron chi connectivity index (χ4n) is 2.71. The Kier molecular flexibility index (Phi) is 6.26. The Morgan fingerprint density at radius 3 is 2.63 bits per heavy atom. The smallest absolute Gasteiger partial charge is 0.267 e. The molecule has 0 aliphatic carbocycles. The van der Waals surface area contributed by atoms with Crippen molar-refractivity contribution in [2.45, 2.75) is 13.5 Å². The summed E-state index contributed by atoms with van der Waals surface area (Å²) < 4.78 is 6.41. The third-order valence-corrected chi connectivity index (χ3v) is 5.25. The summed E-state index contributed by atoms with van der Waals surface area (Å²) >= 11 is 1.09. The molecule has 0 aliphatic heterocycles. The molecule has 0 unspecified atom stereocenters. The number of para-hydroxylation sites is 1. The molecule has 2 heterocycles. The minimum Gasteiger partial charge on any atom is -0.496 e. The van der Waals surface area contributed by atoms with E-state index in [0.29, 0.717) is 27.6 Å². The van der Waals surface area contributed by atoms with E-state index in [9.17, 15) is 14.4 Å². The Hall–Kier alpha value is -3.53. The van der Waals surface area contributed by atoms with Gasteiger partial charge in [-0.05, 0) is 25.1 Å². The minimum absolute atomic E-state index is 0.187. The lowest BCUT2D eigenvalue weighted by Crippen LogP contribution is -2.29. The zero-order chi connectivity index (χ0) is 21.8.